The number of aryl methyl sites for hydroxylation is 1. The van der Waals surface area contributed by atoms with Crippen LogP contribution in [0.2, 0.25) is 0 Å². The van der Waals surface area contributed by atoms with Gasteiger partial charge in [0.25, 0.3) is 5.56 Å². The van der Waals surface area contributed by atoms with E-state index in [4.69, 9.17) is 4.74 Å². The van der Waals surface area contributed by atoms with E-state index in [1.165, 1.54) is 0 Å². The van der Waals surface area contributed by atoms with Crippen LogP contribution in [0.1, 0.15) is 37.8 Å². The van der Waals surface area contributed by atoms with E-state index in [2.05, 4.69) is 4.98 Å². The van der Waals surface area contributed by atoms with E-state index in [0.29, 0.717) is 18.7 Å². The summed E-state index contributed by atoms with van der Waals surface area (Å²) in [5.41, 5.74) is 2.38. The molecule has 2 heterocycles. The van der Waals surface area contributed by atoms with Crippen LogP contribution in [0.5, 0.6) is 0 Å². The third kappa shape index (κ3) is 3.93. The molecule has 5 heteroatoms. The molecule has 1 aliphatic rings. The van der Waals surface area contributed by atoms with Gasteiger partial charge in [-0.2, -0.15) is 0 Å². The molecule has 1 fully saturated rings. The van der Waals surface area contributed by atoms with E-state index in [-0.39, 0.29) is 23.5 Å². The molecule has 0 saturated carbocycles. The summed E-state index contributed by atoms with van der Waals surface area (Å²) in [7, 11) is 0. The van der Waals surface area contributed by atoms with Crippen molar-refractivity contribution in [1.29, 1.82) is 0 Å². The van der Waals surface area contributed by atoms with E-state index < -0.39 is 0 Å². The van der Waals surface area contributed by atoms with Crippen molar-refractivity contribution in [1.82, 2.24) is 9.88 Å². The molecule has 2 aromatic rings. The molecule has 134 valence electrons. The number of benzene rings is 1. The van der Waals surface area contributed by atoms with Crippen LogP contribution in [0.25, 0.3) is 10.9 Å². The fourth-order valence-electron chi connectivity index (χ4n) is 3.38. The molecule has 0 spiro atoms. The van der Waals surface area contributed by atoms with Gasteiger partial charge in [-0.25, -0.2) is 0 Å². The summed E-state index contributed by atoms with van der Waals surface area (Å²) in [6.45, 7) is 7.37. The van der Waals surface area contributed by atoms with E-state index in [1.807, 2.05) is 45.0 Å². The minimum atomic E-state index is -0.129. The van der Waals surface area contributed by atoms with Gasteiger partial charge in [0.15, 0.2) is 0 Å². The van der Waals surface area contributed by atoms with Crippen LogP contribution >= 0.6 is 0 Å². The Bertz CT molecular complexity index is 819. The van der Waals surface area contributed by atoms with E-state index >= 15 is 0 Å². The lowest BCUT2D eigenvalue weighted by molar-refractivity contribution is -0.136. The van der Waals surface area contributed by atoms with Gasteiger partial charge in [-0.05, 0) is 36.8 Å². The van der Waals surface area contributed by atoms with Crippen molar-refractivity contribution in [2.75, 3.05) is 13.2 Å². The largest absolute Gasteiger partial charge is 0.376 e. The number of amides is 1. The summed E-state index contributed by atoms with van der Waals surface area (Å²) in [4.78, 5) is 29.9. The maximum Gasteiger partial charge on any atom is 0.253 e. The highest BCUT2D eigenvalue weighted by Crippen LogP contribution is 2.19. The number of ether oxygens (including phenoxy) is 1. The molecule has 1 saturated heterocycles. The number of hydrogen-bond acceptors (Lipinski definition) is 3. The van der Waals surface area contributed by atoms with Crippen LogP contribution in [0.15, 0.2) is 29.1 Å². The van der Waals surface area contributed by atoms with Crippen LogP contribution in [-0.4, -0.2) is 35.0 Å². The Kier molecular flexibility index (Phi) is 5.23. The highest BCUT2D eigenvalue weighted by atomic mass is 16.5. The van der Waals surface area contributed by atoms with Crippen molar-refractivity contribution in [3.8, 4) is 0 Å². The quantitative estimate of drug-likeness (QED) is 0.908. The third-order valence-corrected chi connectivity index (χ3v) is 4.78. The zero-order valence-electron chi connectivity index (χ0n) is 15.2. The molecule has 1 aliphatic heterocycles. The van der Waals surface area contributed by atoms with Gasteiger partial charge in [0.2, 0.25) is 5.91 Å². The fourth-order valence-corrected chi connectivity index (χ4v) is 3.38. The number of rotatable bonds is 5. The number of nitrogens with one attached hydrogen (secondary N) is 1. The molecule has 5 nitrogen and oxygen atoms in total. The Hall–Kier alpha value is -2.14. The predicted octanol–water partition coefficient (Wildman–Crippen LogP) is 3.00. The van der Waals surface area contributed by atoms with Gasteiger partial charge in [0, 0.05) is 24.6 Å². The molecular formula is C20H26N2O3. The number of pyridine rings is 1. The van der Waals surface area contributed by atoms with Gasteiger partial charge in [0.1, 0.15) is 0 Å². The summed E-state index contributed by atoms with van der Waals surface area (Å²) in [6.07, 6.45) is 2.07. The second kappa shape index (κ2) is 7.40. The Balaban J connectivity index is 1.90. The van der Waals surface area contributed by atoms with Gasteiger partial charge in [-0.1, -0.05) is 32.0 Å². The van der Waals surface area contributed by atoms with E-state index in [1.54, 1.807) is 4.90 Å². The highest BCUT2D eigenvalue weighted by Gasteiger charge is 2.25. The zero-order chi connectivity index (χ0) is 18.0. The number of para-hydroxylation sites is 1. The van der Waals surface area contributed by atoms with Gasteiger partial charge in [0.05, 0.1) is 18.2 Å². The molecule has 0 bridgehead atoms. The number of hydrogen-bond donors (Lipinski definition) is 1. The van der Waals surface area contributed by atoms with Crippen LogP contribution in [0.4, 0.5) is 0 Å². The summed E-state index contributed by atoms with van der Waals surface area (Å²) in [5.74, 6) is -0.0533. The minimum absolute atomic E-state index is 0.0549. The van der Waals surface area contributed by atoms with Gasteiger partial charge < -0.3 is 14.6 Å². The maximum absolute atomic E-state index is 12.6. The maximum atomic E-state index is 12.6. The smallest absolute Gasteiger partial charge is 0.253 e. The Morgan fingerprint density at radius 3 is 2.88 bits per heavy atom. The van der Waals surface area contributed by atoms with Crippen molar-refractivity contribution in [2.45, 2.75) is 46.3 Å². The van der Waals surface area contributed by atoms with Crippen LogP contribution < -0.4 is 5.56 Å². The number of H-pyrrole nitrogens is 1. The van der Waals surface area contributed by atoms with E-state index in [0.717, 1.165) is 35.9 Å². The molecule has 1 N–H and O–H groups in total. The van der Waals surface area contributed by atoms with E-state index in [9.17, 15) is 9.59 Å². The first-order valence-corrected chi connectivity index (χ1v) is 8.97. The fraction of sp³-hybridized carbons (Fsp3) is 0.500. The summed E-state index contributed by atoms with van der Waals surface area (Å²) in [6, 6.07) is 7.83. The SMILES string of the molecule is Cc1cccc2cc(CN(CC3CCCO3)C(=O)C(C)C)c(=O)[nH]c12. The molecule has 1 aromatic carbocycles. The van der Waals surface area contributed by atoms with Crippen molar-refractivity contribution >= 4 is 16.8 Å². The van der Waals surface area contributed by atoms with Crippen LogP contribution in [0, 0.1) is 12.8 Å². The highest BCUT2D eigenvalue weighted by molar-refractivity contribution is 5.82. The standard InChI is InChI=1S/C20H26N2O3/c1-13(2)20(24)22(12-17-8-5-9-25-17)11-16-10-15-7-4-6-14(3)18(15)21-19(16)23/h4,6-7,10,13,17H,5,8-9,11-12H2,1-3H3,(H,21,23). The average molecular weight is 342 g/mol. The third-order valence-electron chi connectivity index (χ3n) is 4.78. The predicted molar refractivity (Wildman–Crippen MR) is 98.5 cm³/mol. The number of aromatic nitrogens is 1. The topological polar surface area (TPSA) is 62.4 Å². The lowest BCUT2D eigenvalue weighted by Gasteiger charge is -2.27. The molecule has 0 aliphatic carbocycles. The lowest BCUT2D eigenvalue weighted by Crippen LogP contribution is -2.40. The lowest BCUT2D eigenvalue weighted by atomic mass is 10.1. The number of nitrogens with zero attached hydrogens (tertiary/aromatic N) is 1. The van der Waals surface area contributed by atoms with Crippen molar-refractivity contribution in [3.05, 3.63) is 45.7 Å². The molecule has 25 heavy (non-hydrogen) atoms. The van der Waals surface area contributed by atoms with Gasteiger partial charge >= 0.3 is 0 Å². The van der Waals surface area contributed by atoms with Gasteiger partial charge in [-0.15, -0.1) is 0 Å². The molecule has 1 aromatic heterocycles. The Labute approximate surface area is 148 Å². The molecule has 1 unspecified atom stereocenters. The molecule has 3 rings (SSSR count). The summed E-state index contributed by atoms with van der Waals surface area (Å²) < 4.78 is 5.69. The Morgan fingerprint density at radius 2 is 2.20 bits per heavy atom. The zero-order valence-corrected chi connectivity index (χ0v) is 15.2. The van der Waals surface area contributed by atoms with Crippen LogP contribution in [-0.2, 0) is 16.1 Å². The van der Waals surface area contributed by atoms with Gasteiger partial charge in [-0.3, -0.25) is 9.59 Å². The molecule has 1 amide bonds. The Morgan fingerprint density at radius 1 is 1.40 bits per heavy atom. The van der Waals surface area contributed by atoms with Crippen molar-refractivity contribution in [3.63, 3.8) is 0 Å². The molecule has 1 atom stereocenters. The first-order valence-electron chi connectivity index (χ1n) is 8.97. The first-order chi connectivity index (χ1) is 12.0. The minimum Gasteiger partial charge on any atom is -0.376 e. The second-order valence-electron chi connectivity index (χ2n) is 7.17. The summed E-state index contributed by atoms with van der Waals surface area (Å²) in [5, 5.41) is 0.990. The molecule has 0 radical (unpaired) electrons. The normalized spacial score (nSPS) is 17.4. The monoisotopic (exact) mass is 342 g/mol. The second-order valence-corrected chi connectivity index (χ2v) is 7.17. The number of carbonyl (C=O) groups is 1. The average Bonchev–Trinajstić information content (AvgIpc) is 3.08. The molecular weight excluding hydrogens is 316 g/mol. The van der Waals surface area contributed by atoms with Crippen molar-refractivity contribution in [2.24, 2.45) is 5.92 Å². The summed E-state index contributed by atoms with van der Waals surface area (Å²) >= 11 is 0. The number of aromatic amines is 1. The van der Waals surface area contributed by atoms with Crippen molar-refractivity contribution < 1.29 is 9.53 Å². The van der Waals surface area contributed by atoms with Crippen LogP contribution in [0.3, 0.4) is 0 Å². The first kappa shape index (κ1) is 17.7. The number of fused-ring (bicyclic) bond motifs is 1. The number of carbonyl (C=O) groups excluding carboxylic acids is 1.